The molecule has 1 N–H and O–H groups in total. The van der Waals surface area contributed by atoms with Gasteiger partial charge in [0.15, 0.2) is 5.11 Å². The number of halogens is 1. The monoisotopic (exact) mass is 428 g/mol. The molecule has 2 amide bonds. The SMILES string of the molecule is CC[C@H](C)Oc1ccccc1/C=C1\C(=O)NC(=S)N(c2ccc(C)c(Cl)c2)C1=O. The third kappa shape index (κ3) is 4.49. The van der Waals surface area contributed by atoms with Gasteiger partial charge in [0.2, 0.25) is 0 Å². The van der Waals surface area contributed by atoms with Crippen molar-refractivity contribution in [2.24, 2.45) is 0 Å². The second-order valence-corrected chi connectivity index (χ2v) is 7.56. The van der Waals surface area contributed by atoms with Crippen molar-refractivity contribution >= 4 is 52.5 Å². The van der Waals surface area contributed by atoms with Crippen LogP contribution in [0.15, 0.2) is 48.0 Å². The largest absolute Gasteiger partial charge is 0.490 e. The minimum absolute atomic E-state index is 0.00390. The highest BCUT2D eigenvalue weighted by Crippen LogP contribution is 2.28. The normalized spacial score (nSPS) is 16.8. The molecular weight excluding hydrogens is 408 g/mol. The summed E-state index contributed by atoms with van der Waals surface area (Å²) in [6, 6.07) is 12.5. The highest BCUT2D eigenvalue weighted by molar-refractivity contribution is 7.80. The fraction of sp³-hybridized carbons (Fsp3) is 0.227. The molecule has 5 nitrogen and oxygen atoms in total. The van der Waals surface area contributed by atoms with Crippen LogP contribution in [0.1, 0.15) is 31.4 Å². The molecule has 1 saturated heterocycles. The minimum atomic E-state index is -0.548. The Balaban J connectivity index is 2.01. The summed E-state index contributed by atoms with van der Waals surface area (Å²) in [6.45, 7) is 5.85. The molecule has 1 aliphatic rings. The van der Waals surface area contributed by atoms with Gasteiger partial charge in [0.25, 0.3) is 11.8 Å². The van der Waals surface area contributed by atoms with Gasteiger partial charge in [0, 0.05) is 10.6 Å². The maximum atomic E-state index is 13.2. The first-order chi connectivity index (χ1) is 13.8. The number of aryl methyl sites for hydroxylation is 1. The van der Waals surface area contributed by atoms with Crippen molar-refractivity contribution < 1.29 is 14.3 Å². The number of thiocarbonyl (C=S) groups is 1. The average molecular weight is 429 g/mol. The predicted octanol–water partition coefficient (Wildman–Crippen LogP) is 4.66. The van der Waals surface area contributed by atoms with E-state index >= 15 is 0 Å². The number of carbonyl (C=O) groups excluding carboxylic acids is 2. The van der Waals surface area contributed by atoms with Crippen LogP contribution in [0.2, 0.25) is 5.02 Å². The first-order valence-corrected chi connectivity index (χ1v) is 10.0. The Hall–Kier alpha value is -2.70. The standard InChI is InChI=1S/C22H21ClN2O3S/c1-4-14(3)28-19-8-6-5-7-15(19)11-17-20(26)24-22(29)25(21(17)27)16-10-9-13(2)18(23)12-16/h5-12,14H,4H2,1-3H3,(H,24,26,29)/b17-11+/t14-/m0/s1. The van der Waals surface area contributed by atoms with Crippen LogP contribution in [0.25, 0.3) is 6.08 Å². The number of nitrogens with one attached hydrogen (secondary N) is 1. The van der Waals surface area contributed by atoms with Crippen molar-refractivity contribution in [2.45, 2.75) is 33.3 Å². The van der Waals surface area contributed by atoms with Gasteiger partial charge in [-0.05, 0) is 62.3 Å². The van der Waals surface area contributed by atoms with E-state index in [9.17, 15) is 9.59 Å². The van der Waals surface area contributed by atoms with E-state index in [4.69, 9.17) is 28.6 Å². The number of anilines is 1. The van der Waals surface area contributed by atoms with Crippen molar-refractivity contribution in [3.63, 3.8) is 0 Å². The van der Waals surface area contributed by atoms with Crippen LogP contribution in [0.4, 0.5) is 5.69 Å². The second-order valence-electron chi connectivity index (χ2n) is 6.77. The molecule has 1 heterocycles. The van der Waals surface area contributed by atoms with Gasteiger partial charge in [0.1, 0.15) is 11.3 Å². The van der Waals surface area contributed by atoms with Crippen LogP contribution in [0.3, 0.4) is 0 Å². The molecule has 0 radical (unpaired) electrons. The number of para-hydroxylation sites is 1. The molecule has 3 rings (SSSR count). The van der Waals surface area contributed by atoms with Gasteiger partial charge in [0.05, 0.1) is 11.8 Å². The molecule has 0 saturated carbocycles. The molecule has 29 heavy (non-hydrogen) atoms. The summed E-state index contributed by atoms with van der Waals surface area (Å²) in [5.41, 5.74) is 1.98. The molecule has 1 aliphatic heterocycles. The summed E-state index contributed by atoms with van der Waals surface area (Å²) in [6.07, 6.45) is 2.37. The number of hydrogen-bond donors (Lipinski definition) is 1. The van der Waals surface area contributed by atoms with Gasteiger partial charge in [-0.2, -0.15) is 0 Å². The van der Waals surface area contributed by atoms with Crippen molar-refractivity contribution in [2.75, 3.05) is 4.90 Å². The minimum Gasteiger partial charge on any atom is -0.490 e. The molecule has 2 aromatic carbocycles. The molecule has 150 valence electrons. The van der Waals surface area contributed by atoms with Gasteiger partial charge in [-0.25, -0.2) is 0 Å². The molecule has 0 spiro atoms. The Kier molecular flexibility index (Phi) is 6.35. The van der Waals surface area contributed by atoms with Gasteiger partial charge in [-0.1, -0.05) is 42.8 Å². The Morgan fingerprint density at radius 1 is 1.24 bits per heavy atom. The summed E-state index contributed by atoms with van der Waals surface area (Å²) < 4.78 is 5.92. The number of nitrogens with zero attached hydrogens (tertiary/aromatic N) is 1. The van der Waals surface area contributed by atoms with Gasteiger partial charge in [-0.15, -0.1) is 0 Å². The lowest BCUT2D eigenvalue weighted by molar-refractivity contribution is -0.122. The van der Waals surface area contributed by atoms with E-state index in [2.05, 4.69) is 5.32 Å². The average Bonchev–Trinajstić information content (AvgIpc) is 2.68. The number of rotatable bonds is 5. The van der Waals surface area contributed by atoms with Gasteiger partial charge in [-0.3, -0.25) is 19.8 Å². The first kappa shape index (κ1) is 21.0. The van der Waals surface area contributed by atoms with E-state index in [1.54, 1.807) is 24.3 Å². The van der Waals surface area contributed by atoms with E-state index in [-0.39, 0.29) is 16.8 Å². The Morgan fingerprint density at radius 2 is 1.97 bits per heavy atom. The maximum absolute atomic E-state index is 13.2. The first-order valence-electron chi connectivity index (χ1n) is 9.25. The smallest absolute Gasteiger partial charge is 0.270 e. The lowest BCUT2D eigenvalue weighted by atomic mass is 10.1. The Labute approximate surface area is 180 Å². The highest BCUT2D eigenvalue weighted by Gasteiger charge is 2.34. The zero-order valence-corrected chi connectivity index (χ0v) is 17.9. The van der Waals surface area contributed by atoms with E-state index in [0.717, 1.165) is 12.0 Å². The zero-order valence-electron chi connectivity index (χ0n) is 16.4. The second kappa shape index (κ2) is 8.76. The van der Waals surface area contributed by atoms with E-state index in [1.165, 1.54) is 11.0 Å². The molecule has 0 bridgehead atoms. The number of carbonyl (C=O) groups is 2. The predicted molar refractivity (Wildman–Crippen MR) is 119 cm³/mol. The van der Waals surface area contributed by atoms with Crippen LogP contribution in [0, 0.1) is 6.92 Å². The summed E-state index contributed by atoms with van der Waals surface area (Å²) in [4.78, 5) is 27.0. The molecule has 0 unspecified atom stereocenters. The van der Waals surface area contributed by atoms with Crippen LogP contribution in [0.5, 0.6) is 5.75 Å². The van der Waals surface area contributed by atoms with Gasteiger partial charge < -0.3 is 4.74 Å². The van der Waals surface area contributed by atoms with Crippen molar-refractivity contribution in [3.8, 4) is 5.75 Å². The molecule has 7 heteroatoms. The summed E-state index contributed by atoms with van der Waals surface area (Å²) in [5, 5.41) is 3.10. The third-order valence-corrected chi connectivity index (χ3v) is 5.33. The number of amides is 2. The van der Waals surface area contributed by atoms with Crippen LogP contribution < -0.4 is 15.0 Å². The molecule has 1 atom stereocenters. The van der Waals surface area contributed by atoms with Crippen molar-refractivity contribution in [1.29, 1.82) is 0 Å². The van der Waals surface area contributed by atoms with Crippen LogP contribution in [-0.2, 0) is 9.59 Å². The molecule has 0 aromatic heterocycles. The topological polar surface area (TPSA) is 58.6 Å². The third-order valence-electron chi connectivity index (χ3n) is 4.64. The molecule has 0 aliphatic carbocycles. The lowest BCUT2D eigenvalue weighted by Gasteiger charge is -2.29. The van der Waals surface area contributed by atoms with Gasteiger partial charge >= 0.3 is 0 Å². The zero-order chi connectivity index (χ0) is 21.1. The quantitative estimate of drug-likeness (QED) is 0.427. The fourth-order valence-corrected chi connectivity index (χ4v) is 3.23. The summed E-state index contributed by atoms with van der Waals surface area (Å²) >= 11 is 11.4. The number of ether oxygens (including phenoxy) is 1. The Morgan fingerprint density at radius 3 is 2.66 bits per heavy atom. The molecule has 2 aromatic rings. The van der Waals surface area contributed by atoms with Crippen molar-refractivity contribution in [1.82, 2.24) is 5.32 Å². The van der Waals surface area contributed by atoms with E-state index in [0.29, 0.717) is 22.0 Å². The summed E-state index contributed by atoms with van der Waals surface area (Å²) in [7, 11) is 0. The molecule has 1 fully saturated rings. The fourth-order valence-electron chi connectivity index (χ4n) is 2.78. The highest BCUT2D eigenvalue weighted by atomic mass is 35.5. The molecular formula is C22H21ClN2O3S. The van der Waals surface area contributed by atoms with E-state index < -0.39 is 11.8 Å². The number of hydrogen-bond acceptors (Lipinski definition) is 4. The summed E-state index contributed by atoms with van der Waals surface area (Å²) in [5.74, 6) is -0.460. The van der Waals surface area contributed by atoms with E-state index in [1.807, 2.05) is 39.0 Å². The van der Waals surface area contributed by atoms with Crippen LogP contribution in [-0.4, -0.2) is 23.0 Å². The van der Waals surface area contributed by atoms with Crippen molar-refractivity contribution in [3.05, 3.63) is 64.2 Å². The lowest BCUT2D eigenvalue weighted by Crippen LogP contribution is -2.54. The maximum Gasteiger partial charge on any atom is 0.270 e. The van der Waals surface area contributed by atoms with Crippen LogP contribution >= 0.6 is 23.8 Å². The Bertz CT molecular complexity index is 1020. The number of benzene rings is 2.